The second kappa shape index (κ2) is 8.18. The second-order valence-electron chi connectivity index (χ2n) is 7.56. The van der Waals surface area contributed by atoms with Crippen LogP contribution in [-0.2, 0) is 4.79 Å². The molecule has 0 saturated carbocycles. The van der Waals surface area contributed by atoms with Crippen molar-refractivity contribution in [2.24, 2.45) is 5.92 Å². The summed E-state index contributed by atoms with van der Waals surface area (Å²) in [6, 6.07) is 12.8. The molecule has 0 saturated heterocycles. The molecule has 0 fully saturated rings. The molecule has 3 aromatic rings. The van der Waals surface area contributed by atoms with Crippen LogP contribution >= 0.6 is 0 Å². The van der Waals surface area contributed by atoms with Crippen molar-refractivity contribution in [2.75, 3.05) is 12.4 Å². The Morgan fingerprint density at radius 1 is 1.06 bits per heavy atom. The lowest BCUT2D eigenvalue weighted by Gasteiger charge is -2.29. The molecule has 0 aliphatic carbocycles. The van der Waals surface area contributed by atoms with E-state index < -0.39 is 23.8 Å². The van der Waals surface area contributed by atoms with E-state index in [1.54, 1.807) is 55.8 Å². The predicted octanol–water partition coefficient (Wildman–Crippen LogP) is 3.89. The van der Waals surface area contributed by atoms with E-state index in [0.717, 1.165) is 10.3 Å². The fourth-order valence-corrected chi connectivity index (χ4v) is 3.95. The van der Waals surface area contributed by atoms with Crippen LogP contribution in [0.15, 0.2) is 54.7 Å². The number of nitrogens with zero attached hydrogens (tertiary/aromatic N) is 2. The molecule has 0 spiro atoms. The van der Waals surface area contributed by atoms with Gasteiger partial charge < -0.3 is 10.1 Å². The number of amides is 3. The lowest BCUT2D eigenvalue weighted by molar-refractivity contribution is -0.121. The molecular formula is C24H23N3O4. The lowest BCUT2D eigenvalue weighted by atomic mass is 9.96. The molecule has 7 nitrogen and oxygen atoms in total. The van der Waals surface area contributed by atoms with Crippen molar-refractivity contribution in [2.45, 2.75) is 26.3 Å². The third-order valence-electron chi connectivity index (χ3n) is 5.76. The Labute approximate surface area is 180 Å². The minimum absolute atomic E-state index is 0.236. The van der Waals surface area contributed by atoms with E-state index >= 15 is 0 Å². The van der Waals surface area contributed by atoms with Crippen LogP contribution in [0, 0.1) is 5.92 Å². The first-order chi connectivity index (χ1) is 15.0. The first-order valence-corrected chi connectivity index (χ1v) is 10.2. The average Bonchev–Trinajstić information content (AvgIpc) is 3.05. The standard InChI is InChI=1S/C24H23N3O4/c1-4-14(2)21(27-23(29)15-8-5-6-9-16(15)24(27)30)22(28)26-18-11-12-19(31-3)17-10-7-13-25-20(17)18/h5-14,21H,4H2,1-3H3,(H,26,28)/t14-,21-/m0/s1. The number of hydrogen-bond acceptors (Lipinski definition) is 5. The molecule has 31 heavy (non-hydrogen) atoms. The zero-order valence-corrected chi connectivity index (χ0v) is 17.6. The number of methoxy groups -OCH3 is 1. The van der Waals surface area contributed by atoms with E-state index in [1.165, 1.54) is 0 Å². The maximum atomic E-state index is 13.4. The van der Waals surface area contributed by atoms with E-state index in [1.807, 2.05) is 19.9 Å². The summed E-state index contributed by atoms with van der Waals surface area (Å²) in [7, 11) is 1.57. The Morgan fingerprint density at radius 3 is 2.35 bits per heavy atom. The van der Waals surface area contributed by atoms with E-state index in [-0.39, 0.29) is 5.92 Å². The van der Waals surface area contributed by atoms with Gasteiger partial charge in [0, 0.05) is 11.6 Å². The third kappa shape index (κ3) is 3.42. The zero-order valence-electron chi connectivity index (χ0n) is 17.6. The first kappa shape index (κ1) is 20.5. The average molecular weight is 417 g/mol. The number of rotatable bonds is 6. The molecule has 1 aromatic heterocycles. The molecule has 158 valence electrons. The number of pyridine rings is 1. The van der Waals surface area contributed by atoms with Crippen molar-refractivity contribution in [3.8, 4) is 5.75 Å². The van der Waals surface area contributed by atoms with Crippen LogP contribution in [0.2, 0.25) is 0 Å². The summed E-state index contributed by atoms with van der Waals surface area (Å²) in [5.41, 5.74) is 1.71. The van der Waals surface area contributed by atoms with Crippen LogP contribution in [0.5, 0.6) is 5.75 Å². The summed E-state index contributed by atoms with van der Waals surface area (Å²) in [6.45, 7) is 3.78. The zero-order chi connectivity index (χ0) is 22.1. The molecule has 2 heterocycles. The number of nitrogens with one attached hydrogen (secondary N) is 1. The largest absolute Gasteiger partial charge is 0.496 e. The summed E-state index contributed by atoms with van der Waals surface area (Å²) in [5.74, 6) is -0.918. The smallest absolute Gasteiger partial charge is 0.262 e. The van der Waals surface area contributed by atoms with Crippen molar-refractivity contribution in [3.63, 3.8) is 0 Å². The normalized spacial score (nSPS) is 15.0. The highest BCUT2D eigenvalue weighted by molar-refractivity contribution is 6.23. The summed E-state index contributed by atoms with van der Waals surface area (Å²) >= 11 is 0. The summed E-state index contributed by atoms with van der Waals surface area (Å²) in [4.78, 5) is 44.9. The molecule has 3 amide bonds. The fourth-order valence-electron chi connectivity index (χ4n) is 3.95. The second-order valence-corrected chi connectivity index (χ2v) is 7.56. The van der Waals surface area contributed by atoms with Gasteiger partial charge in [-0.05, 0) is 42.3 Å². The molecule has 4 rings (SSSR count). The van der Waals surface area contributed by atoms with Gasteiger partial charge in [0.2, 0.25) is 5.91 Å². The molecule has 0 bridgehead atoms. The number of hydrogen-bond donors (Lipinski definition) is 1. The highest BCUT2D eigenvalue weighted by atomic mass is 16.5. The molecule has 1 aliphatic rings. The maximum absolute atomic E-state index is 13.4. The molecule has 1 aliphatic heterocycles. The number of carbonyl (C=O) groups excluding carboxylic acids is 3. The summed E-state index contributed by atoms with van der Waals surface area (Å²) < 4.78 is 5.39. The molecule has 1 N–H and O–H groups in total. The Morgan fingerprint density at radius 2 is 1.74 bits per heavy atom. The van der Waals surface area contributed by atoms with Gasteiger partial charge in [0.1, 0.15) is 11.8 Å². The molecule has 7 heteroatoms. The fraction of sp³-hybridized carbons (Fsp3) is 0.250. The van der Waals surface area contributed by atoms with Crippen LogP contribution in [0.1, 0.15) is 41.0 Å². The number of aromatic nitrogens is 1. The monoisotopic (exact) mass is 417 g/mol. The Hall–Kier alpha value is -3.74. The quantitative estimate of drug-likeness (QED) is 0.615. The third-order valence-corrected chi connectivity index (χ3v) is 5.76. The van der Waals surface area contributed by atoms with Crippen LogP contribution in [0.3, 0.4) is 0 Å². The number of benzene rings is 2. The van der Waals surface area contributed by atoms with E-state index in [2.05, 4.69) is 10.3 Å². The van der Waals surface area contributed by atoms with Crippen molar-refractivity contribution >= 4 is 34.3 Å². The number of anilines is 1. The van der Waals surface area contributed by atoms with Gasteiger partial charge in [-0.2, -0.15) is 0 Å². The van der Waals surface area contributed by atoms with Gasteiger partial charge in [-0.1, -0.05) is 32.4 Å². The minimum atomic E-state index is -0.946. The van der Waals surface area contributed by atoms with Gasteiger partial charge in [-0.3, -0.25) is 24.3 Å². The van der Waals surface area contributed by atoms with Gasteiger partial charge in [0.05, 0.1) is 29.4 Å². The van der Waals surface area contributed by atoms with Gasteiger partial charge in [-0.15, -0.1) is 0 Å². The van der Waals surface area contributed by atoms with Crippen LogP contribution < -0.4 is 10.1 Å². The van der Waals surface area contributed by atoms with Gasteiger partial charge in [0.15, 0.2) is 0 Å². The van der Waals surface area contributed by atoms with Gasteiger partial charge >= 0.3 is 0 Å². The lowest BCUT2D eigenvalue weighted by Crippen LogP contribution is -2.50. The predicted molar refractivity (Wildman–Crippen MR) is 117 cm³/mol. The van der Waals surface area contributed by atoms with E-state index in [0.29, 0.717) is 34.5 Å². The minimum Gasteiger partial charge on any atom is -0.496 e. The van der Waals surface area contributed by atoms with Crippen LogP contribution in [-0.4, -0.2) is 40.8 Å². The first-order valence-electron chi connectivity index (χ1n) is 10.2. The molecule has 2 atom stereocenters. The Kier molecular flexibility index (Phi) is 5.42. The Bertz CT molecular complexity index is 1160. The van der Waals surface area contributed by atoms with Crippen molar-refractivity contribution in [3.05, 3.63) is 65.9 Å². The topological polar surface area (TPSA) is 88.6 Å². The summed E-state index contributed by atoms with van der Waals surface area (Å²) in [6.07, 6.45) is 2.25. The van der Waals surface area contributed by atoms with Gasteiger partial charge in [0.25, 0.3) is 11.8 Å². The molecule has 0 unspecified atom stereocenters. The van der Waals surface area contributed by atoms with Crippen LogP contribution in [0.4, 0.5) is 5.69 Å². The highest BCUT2D eigenvalue weighted by Crippen LogP contribution is 2.32. The van der Waals surface area contributed by atoms with Crippen molar-refractivity contribution in [1.82, 2.24) is 9.88 Å². The molecule has 0 radical (unpaired) electrons. The Balaban J connectivity index is 1.71. The van der Waals surface area contributed by atoms with Crippen molar-refractivity contribution < 1.29 is 19.1 Å². The number of carbonyl (C=O) groups is 3. The number of fused-ring (bicyclic) bond motifs is 2. The van der Waals surface area contributed by atoms with Crippen molar-refractivity contribution in [1.29, 1.82) is 0 Å². The highest BCUT2D eigenvalue weighted by Gasteiger charge is 2.44. The number of ether oxygens (including phenoxy) is 1. The SMILES string of the molecule is CC[C@H](C)[C@@H](C(=O)Nc1ccc(OC)c2cccnc12)N1C(=O)c2ccccc2C1=O. The molecule has 2 aromatic carbocycles. The van der Waals surface area contributed by atoms with Crippen LogP contribution in [0.25, 0.3) is 10.9 Å². The number of imide groups is 1. The van der Waals surface area contributed by atoms with Gasteiger partial charge in [-0.25, -0.2) is 0 Å². The maximum Gasteiger partial charge on any atom is 0.262 e. The molecular weight excluding hydrogens is 394 g/mol. The van der Waals surface area contributed by atoms with E-state index in [4.69, 9.17) is 4.74 Å². The van der Waals surface area contributed by atoms with E-state index in [9.17, 15) is 14.4 Å². The summed E-state index contributed by atoms with van der Waals surface area (Å²) in [5, 5.41) is 3.65.